The lowest BCUT2D eigenvalue weighted by atomic mass is 9.84. The minimum absolute atomic E-state index is 0.0460. The number of hydrogen-bond donors (Lipinski definition) is 0. The van der Waals surface area contributed by atoms with E-state index in [0.717, 1.165) is 50.2 Å². The lowest BCUT2D eigenvalue weighted by molar-refractivity contribution is 1.11. The molecule has 6 aromatic rings. The predicted octanol–water partition coefficient (Wildman–Crippen LogP) is 7.97. The highest BCUT2D eigenvalue weighted by molar-refractivity contribution is 6.05. The number of rotatable bonds is 4. The first-order chi connectivity index (χ1) is 17.3. The van der Waals surface area contributed by atoms with Gasteiger partial charge in [0.05, 0.1) is 11.2 Å². The average molecular weight is 450 g/mol. The maximum atomic E-state index is 13.6. The highest BCUT2D eigenvalue weighted by atomic mass is 16.1. The predicted molar refractivity (Wildman–Crippen MR) is 145 cm³/mol. The second-order valence-corrected chi connectivity index (χ2v) is 8.52. The van der Waals surface area contributed by atoms with Gasteiger partial charge in [0.1, 0.15) is 0 Å². The molecule has 0 N–H and O–H groups in total. The van der Waals surface area contributed by atoms with Gasteiger partial charge in [-0.1, -0.05) is 127 Å². The highest BCUT2D eigenvalue weighted by Gasteiger charge is 2.24. The van der Waals surface area contributed by atoms with Crippen molar-refractivity contribution in [3.63, 3.8) is 0 Å². The van der Waals surface area contributed by atoms with E-state index >= 15 is 0 Å². The Balaban J connectivity index is 1.94. The van der Waals surface area contributed by atoms with Gasteiger partial charge in [-0.15, -0.1) is 0 Å². The largest absolute Gasteiger partial charge is 0.276 e. The monoisotopic (exact) mass is 449 g/mol. The third kappa shape index (κ3) is 3.66. The van der Waals surface area contributed by atoms with E-state index in [2.05, 4.69) is 91.0 Å². The van der Waals surface area contributed by atoms with Crippen LogP contribution in [0.25, 0.3) is 50.2 Å². The Hall–Kier alpha value is -4.69. The molecule has 35 heavy (non-hydrogen) atoms. The van der Waals surface area contributed by atoms with Gasteiger partial charge in [-0.05, 0) is 28.3 Å². The first-order valence-corrected chi connectivity index (χ1v) is 11.8. The molecule has 2 nitrogen and oxygen atoms in total. The molecule has 0 aliphatic rings. The van der Waals surface area contributed by atoms with Crippen molar-refractivity contribution >= 4 is 5.52 Å². The molecule has 0 atom stereocenters. The molecule has 0 aliphatic carbocycles. The Morgan fingerprint density at radius 3 is 1.31 bits per heavy atom. The van der Waals surface area contributed by atoms with Crippen LogP contribution in [0.15, 0.2) is 144 Å². The van der Waals surface area contributed by atoms with Gasteiger partial charge in [-0.3, -0.25) is 9.20 Å². The fraction of sp³-hybridized carbons (Fsp3) is 0. The van der Waals surface area contributed by atoms with Crippen molar-refractivity contribution in [2.75, 3.05) is 0 Å². The summed E-state index contributed by atoms with van der Waals surface area (Å²) in [7, 11) is 0. The number of hydrogen-bond acceptors (Lipinski definition) is 1. The summed E-state index contributed by atoms with van der Waals surface area (Å²) in [5, 5.41) is 0. The van der Waals surface area contributed by atoms with Gasteiger partial charge >= 0.3 is 0 Å². The van der Waals surface area contributed by atoms with Gasteiger partial charge in [-0.25, -0.2) is 0 Å². The fourth-order valence-corrected chi connectivity index (χ4v) is 4.94. The molecule has 0 unspecified atom stereocenters. The van der Waals surface area contributed by atoms with E-state index in [1.807, 2.05) is 46.9 Å². The minimum atomic E-state index is -0.0460. The van der Waals surface area contributed by atoms with Gasteiger partial charge in [0.15, 0.2) is 0 Å². The molecule has 0 radical (unpaired) electrons. The van der Waals surface area contributed by atoms with E-state index in [9.17, 15) is 4.79 Å². The Morgan fingerprint density at radius 1 is 0.371 bits per heavy atom. The van der Waals surface area contributed by atoms with Crippen molar-refractivity contribution in [1.82, 2.24) is 4.40 Å². The zero-order valence-corrected chi connectivity index (χ0v) is 19.1. The van der Waals surface area contributed by atoms with Crippen molar-refractivity contribution in [2.45, 2.75) is 0 Å². The lowest BCUT2D eigenvalue weighted by Gasteiger charge is -2.24. The van der Waals surface area contributed by atoms with Crippen molar-refractivity contribution in [1.29, 1.82) is 0 Å². The van der Waals surface area contributed by atoms with Crippen molar-refractivity contribution in [2.24, 2.45) is 0 Å². The Labute approximate surface area is 204 Å². The second-order valence-electron chi connectivity index (χ2n) is 8.52. The fourth-order valence-electron chi connectivity index (χ4n) is 4.94. The van der Waals surface area contributed by atoms with Crippen LogP contribution in [0.1, 0.15) is 0 Å². The zero-order valence-electron chi connectivity index (χ0n) is 19.1. The van der Waals surface area contributed by atoms with E-state index in [1.54, 1.807) is 6.07 Å². The molecule has 0 amide bonds. The van der Waals surface area contributed by atoms with Crippen LogP contribution in [0.4, 0.5) is 0 Å². The maximum absolute atomic E-state index is 13.6. The number of aromatic nitrogens is 1. The van der Waals surface area contributed by atoms with Crippen LogP contribution >= 0.6 is 0 Å². The third-order valence-electron chi connectivity index (χ3n) is 6.41. The molecule has 0 saturated heterocycles. The molecule has 4 aromatic carbocycles. The first kappa shape index (κ1) is 20.9. The molecular weight excluding hydrogens is 426 g/mol. The number of pyridine rings is 2. The van der Waals surface area contributed by atoms with Gasteiger partial charge in [-0.2, -0.15) is 0 Å². The summed E-state index contributed by atoms with van der Waals surface area (Å²) >= 11 is 0. The van der Waals surface area contributed by atoms with Crippen LogP contribution in [0.5, 0.6) is 0 Å². The molecule has 166 valence electrons. The summed E-state index contributed by atoms with van der Waals surface area (Å²) in [5.41, 5.74) is 9.21. The average Bonchev–Trinajstić information content (AvgIpc) is 2.94. The van der Waals surface area contributed by atoms with Crippen molar-refractivity contribution < 1.29 is 0 Å². The van der Waals surface area contributed by atoms with Gasteiger partial charge in [0.25, 0.3) is 5.56 Å². The highest BCUT2D eigenvalue weighted by Crippen LogP contribution is 2.46. The molecule has 0 saturated carbocycles. The molecule has 0 aliphatic heterocycles. The van der Waals surface area contributed by atoms with Crippen LogP contribution in [-0.4, -0.2) is 4.40 Å². The summed E-state index contributed by atoms with van der Waals surface area (Å²) in [5.74, 6) is 0. The molecule has 6 rings (SSSR count). The SMILES string of the molecule is O=c1cccc2c(-c3ccccc3)c(-c3ccccc3)c(-c3ccccc3)c(-c3ccccc3)n12. The molecule has 2 heterocycles. The summed E-state index contributed by atoms with van der Waals surface area (Å²) < 4.78 is 1.88. The van der Waals surface area contributed by atoms with E-state index in [-0.39, 0.29) is 5.56 Å². The van der Waals surface area contributed by atoms with Crippen LogP contribution in [0.2, 0.25) is 0 Å². The Bertz CT molecular complexity index is 1670. The summed E-state index contributed by atoms with van der Waals surface area (Å²) in [6.45, 7) is 0. The Kier molecular flexibility index (Phi) is 5.32. The van der Waals surface area contributed by atoms with Crippen LogP contribution in [0, 0.1) is 0 Å². The minimum Gasteiger partial charge on any atom is -0.276 e. The topological polar surface area (TPSA) is 21.5 Å². The maximum Gasteiger partial charge on any atom is 0.255 e. The first-order valence-electron chi connectivity index (χ1n) is 11.8. The number of fused-ring (bicyclic) bond motifs is 1. The van der Waals surface area contributed by atoms with E-state index < -0.39 is 0 Å². The standard InChI is InChI=1S/C33H23NO/c35-29-23-13-22-28-30(24-14-5-1-6-15-24)31(25-16-7-2-8-17-25)32(26-18-9-3-10-19-26)33(34(28)29)27-20-11-4-12-21-27/h1-23H. The smallest absolute Gasteiger partial charge is 0.255 e. The summed E-state index contributed by atoms with van der Waals surface area (Å²) in [4.78, 5) is 13.6. The molecular formula is C33H23NO. The van der Waals surface area contributed by atoms with Crippen molar-refractivity contribution in [3.05, 3.63) is 150 Å². The molecule has 0 spiro atoms. The van der Waals surface area contributed by atoms with Crippen LogP contribution in [0.3, 0.4) is 0 Å². The zero-order chi connectivity index (χ0) is 23.6. The van der Waals surface area contributed by atoms with Gasteiger partial charge < -0.3 is 0 Å². The van der Waals surface area contributed by atoms with Gasteiger partial charge in [0, 0.05) is 22.8 Å². The van der Waals surface area contributed by atoms with Crippen LogP contribution in [-0.2, 0) is 0 Å². The third-order valence-corrected chi connectivity index (χ3v) is 6.41. The molecule has 0 bridgehead atoms. The normalized spacial score (nSPS) is 11.0. The lowest BCUT2D eigenvalue weighted by Crippen LogP contribution is -2.16. The summed E-state index contributed by atoms with van der Waals surface area (Å²) in [6, 6.07) is 47.0. The quantitative estimate of drug-likeness (QED) is 0.267. The number of nitrogens with zero attached hydrogens (tertiary/aromatic N) is 1. The van der Waals surface area contributed by atoms with Gasteiger partial charge in [0.2, 0.25) is 0 Å². The van der Waals surface area contributed by atoms with E-state index in [4.69, 9.17) is 0 Å². The van der Waals surface area contributed by atoms with E-state index in [0.29, 0.717) is 0 Å². The second kappa shape index (κ2) is 8.92. The van der Waals surface area contributed by atoms with Crippen molar-refractivity contribution in [3.8, 4) is 44.6 Å². The Morgan fingerprint density at radius 2 is 0.800 bits per heavy atom. The molecule has 2 heteroatoms. The molecule has 2 aromatic heterocycles. The van der Waals surface area contributed by atoms with E-state index in [1.165, 1.54) is 0 Å². The summed E-state index contributed by atoms with van der Waals surface area (Å²) in [6.07, 6.45) is 0. The number of benzene rings is 4. The molecule has 0 fully saturated rings. The van der Waals surface area contributed by atoms with Crippen LogP contribution < -0.4 is 5.56 Å².